The monoisotopic (exact) mass is 322 g/mol. The van der Waals surface area contributed by atoms with Crippen LogP contribution in [0.15, 0.2) is 60.7 Å². The van der Waals surface area contributed by atoms with Crippen molar-refractivity contribution in [3.8, 4) is 0 Å². The van der Waals surface area contributed by atoms with E-state index in [1.165, 1.54) is 10.4 Å². The lowest BCUT2D eigenvalue weighted by Gasteiger charge is -2.21. The highest BCUT2D eigenvalue weighted by atomic mass is 28.4. The molecule has 0 spiro atoms. The van der Waals surface area contributed by atoms with Gasteiger partial charge in [0, 0.05) is 0 Å². The van der Waals surface area contributed by atoms with Crippen molar-refractivity contribution in [3.63, 3.8) is 0 Å². The van der Waals surface area contributed by atoms with Gasteiger partial charge in [-0.25, -0.2) is 0 Å². The van der Waals surface area contributed by atoms with Crippen molar-refractivity contribution in [1.29, 1.82) is 0 Å². The van der Waals surface area contributed by atoms with Crippen molar-refractivity contribution < 1.29 is 12.3 Å². The summed E-state index contributed by atoms with van der Waals surface area (Å²) >= 11 is 0. The minimum Gasteiger partial charge on any atom is -0.444 e. The molecule has 0 amide bonds. The van der Waals surface area contributed by atoms with Gasteiger partial charge in [-0.3, -0.25) is 0 Å². The quantitative estimate of drug-likeness (QED) is 0.568. The van der Waals surface area contributed by atoms with Crippen LogP contribution in [0.5, 0.6) is 0 Å². The van der Waals surface area contributed by atoms with Crippen LogP contribution in [0.4, 0.5) is 0 Å². The molecule has 2 rings (SSSR count). The van der Waals surface area contributed by atoms with E-state index in [9.17, 15) is 0 Å². The Labute approximate surface area is 123 Å². The lowest BCUT2D eigenvalue weighted by molar-refractivity contribution is 0.413. The van der Waals surface area contributed by atoms with Crippen molar-refractivity contribution in [1.82, 2.24) is 0 Å². The molecule has 100 valence electrons. The van der Waals surface area contributed by atoms with Crippen molar-refractivity contribution in [2.75, 3.05) is 0 Å². The molecule has 19 heavy (non-hydrogen) atoms. The van der Waals surface area contributed by atoms with E-state index in [0.29, 0.717) is 21.0 Å². The van der Waals surface area contributed by atoms with Gasteiger partial charge in [-0.15, -0.1) is 0 Å². The van der Waals surface area contributed by atoms with Crippen LogP contribution in [-0.4, -0.2) is 39.5 Å². The van der Waals surface area contributed by atoms with Gasteiger partial charge in [-0.2, -0.15) is 0 Å². The zero-order valence-electron chi connectivity index (χ0n) is 11.2. The average Bonchev–Trinajstić information content (AvgIpc) is 2.50. The molecule has 0 N–H and O–H groups in total. The van der Waals surface area contributed by atoms with Gasteiger partial charge in [0.2, 0.25) is 0 Å². The molecule has 7 heteroatoms. The van der Waals surface area contributed by atoms with Crippen LogP contribution in [0.25, 0.3) is 0 Å². The number of hydrogen-bond donors (Lipinski definition) is 0. The van der Waals surface area contributed by atoms with Crippen molar-refractivity contribution in [3.05, 3.63) is 60.7 Å². The third kappa shape index (κ3) is 4.08. The summed E-state index contributed by atoms with van der Waals surface area (Å²) in [5.74, 6) is 0. The number of benzene rings is 2. The fourth-order valence-corrected chi connectivity index (χ4v) is 10.2. The Balaban J connectivity index is 2.13. The van der Waals surface area contributed by atoms with Crippen molar-refractivity contribution in [2.24, 2.45) is 0 Å². The lowest BCUT2D eigenvalue weighted by Crippen LogP contribution is -2.47. The smallest absolute Gasteiger partial charge is 0.336 e. The van der Waals surface area contributed by atoms with Crippen LogP contribution in [0.2, 0.25) is 0 Å². The largest absolute Gasteiger partial charge is 0.444 e. The first-order chi connectivity index (χ1) is 9.35. The van der Waals surface area contributed by atoms with Gasteiger partial charge in [0.25, 0.3) is 0 Å². The Morgan fingerprint density at radius 3 is 1.32 bits per heavy atom. The predicted molar refractivity (Wildman–Crippen MR) is 89.6 cm³/mol. The van der Waals surface area contributed by atoms with E-state index in [0.717, 1.165) is 0 Å². The molecule has 2 atom stereocenters. The molecule has 0 aliphatic rings. The maximum Gasteiger partial charge on any atom is 0.336 e. The Morgan fingerprint density at radius 1 is 0.632 bits per heavy atom. The summed E-state index contributed by atoms with van der Waals surface area (Å²) in [6.45, 7) is 0. The molecule has 2 unspecified atom stereocenters. The van der Waals surface area contributed by atoms with E-state index in [4.69, 9.17) is 12.3 Å². The van der Waals surface area contributed by atoms with Crippen LogP contribution in [0.1, 0.15) is 0 Å². The van der Waals surface area contributed by atoms with Gasteiger partial charge >= 0.3 is 18.6 Å². The SMILES string of the molecule is [SiH3]O[SiH](O[SiH](O[SiH3])c1ccccc1)c1ccccc1. The van der Waals surface area contributed by atoms with E-state index in [2.05, 4.69) is 24.3 Å². The minimum atomic E-state index is -1.80. The van der Waals surface area contributed by atoms with E-state index < -0.39 is 18.6 Å². The zero-order valence-corrected chi connectivity index (χ0v) is 17.5. The maximum atomic E-state index is 6.22. The predicted octanol–water partition coefficient (Wildman–Crippen LogP) is -2.15. The van der Waals surface area contributed by atoms with Crippen LogP contribution in [-0.2, 0) is 12.3 Å². The Morgan fingerprint density at radius 2 is 1.00 bits per heavy atom. The molecule has 3 nitrogen and oxygen atoms in total. The van der Waals surface area contributed by atoms with Gasteiger partial charge in [-0.05, 0) is 10.4 Å². The van der Waals surface area contributed by atoms with Crippen LogP contribution < -0.4 is 10.4 Å². The molecule has 2 aromatic carbocycles. The third-order valence-electron chi connectivity index (χ3n) is 2.82. The average molecular weight is 323 g/mol. The van der Waals surface area contributed by atoms with E-state index >= 15 is 0 Å². The van der Waals surface area contributed by atoms with Gasteiger partial charge in [0.1, 0.15) is 21.0 Å². The summed E-state index contributed by atoms with van der Waals surface area (Å²) in [6, 6.07) is 20.5. The highest BCUT2D eigenvalue weighted by molar-refractivity contribution is 6.76. The van der Waals surface area contributed by atoms with Gasteiger partial charge in [-0.1, -0.05) is 60.7 Å². The van der Waals surface area contributed by atoms with Gasteiger partial charge < -0.3 is 12.3 Å². The van der Waals surface area contributed by atoms with Crippen LogP contribution in [0, 0.1) is 0 Å². The second-order valence-corrected chi connectivity index (χ2v) is 11.6. The molecule has 2 aromatic rings. The molecule has 0 bridgehead atoms. The molecule has 0 heterocycles. The van der Waals surface area contributed by atoms with Gasteiger partial charge in [0.15, 0.2) is 0 Å². The highest BCUT2D eigenvalue weighted by Crippen LogP contribution is 1.97. The first-order valence-electron chi connectivity index (χ1n) is 6.16. The van der Waals surface area contributed by atoms with Gasteiger partial charge in [0.05, 0.1) is 0 Å². The van der Waals surface area contributed by atoms with Crippen LogP contribution >= 0.6 is 0 Å². The summed E-state index contributed by atoms with van der Waals surface area (Å²) in [7, 11) is -2.21. The lowest BCUT2D eigenvalue weighted by atomic mass is 10.4. The second kappa shape index (κ2) is 7.70. The Hall–Kier alpha value is -0.812. The normalized spacial score (nSPS) is 14.3. The molecule has 0 aliphatic heterocycles. The molecule has 0 aliphatic carbocycles. The summed E-state index contributed by atoms with van der Waals surface area (Å²) in [4.78, 5) is 0. The first kappa shape index (κ1) is 14.6. The molecular weight excluding hydrogens is 304 g/mol. The fourth-order valence-electron chi connectivity index (χ4n) is 1.87. The Kier molecular flexibility index (Phi) is 5.91. The molecule has 0 saturated heterocycles. The summed E-state index contributed by atoms with van der Waals surface area (Å²) in [5, 5.41) is 2.37. The van der Waals surface area contributed by atoms with Crippen LogP contribution in [0.3, 0.4) is 0 Å². The topological polar surface area (TPSA) is 27.7 Å². The molecule has 0 aromatic heterocycles. The van der Waals surface area contributed by atoms with E-state index in [-0.39, 0.29) is 0 Å². The standard InChI is InChI=1S/C12H18O3Si4/c16-13-18(11-7-3-1-4-8-11)15-19(14-17)12-9-5-2-6-10-12/h1-10,18-19H,16-17H3. The second-order valence-electron chi connectivity index (χ2n) is 4.09. The maximum absolute atomic E-state index is 6.22. The first-order valence-corrected chi connectivity index (χ1v) is 10.8. The van der Waals surface area contributed by atoms with E-state index in [1.807, 2.05) is 36.4 Å². The summed E-state index contributed by atoms with van der Waals surface area (Å²) in [5.41, 5.74) is 0. The van der Waals surface area contributed by atoms with Crippen molar-refractivity contribution in [2.45, 2.75) is 0 Å². The zero-order chi connectivity index (χ0) is 13.5. The minimum absolute atomic E-state index is 0.692. The molecule has 0 fully saturated rings. The number of rotatable bonds is 6. The summed E-state index contributed by atoms with van der Waals surface area (Å²) in [6.07, 6.45) is 0. The third-order valence-corrected chi connectivity index (χ3v) is 10.1. The molecular formula is C12H18O3Si4. The van der Waals surface area contributed by atoms with Crippen molar-refractivity contribution >= 4 is 49.9 Å². The molecule has 0 saturated carbocycles. The fraction of sp³-hybridized carbons (Fsp3) is 0. The molecule has 0 radical (unpaired) electrons. The van der Waals surface area contributed by atoms with E-state index in [1.54, 1.807) is 0 Å². The summed E-state index contributed by atoms with van der Waals surface area (Å²) < 4.78 is 17.7. The Bertz CT molecular complexity index is 437. The highest BCUT2D eigenvalue weighted by Gasteiger charge is 2.22. The number of hydrogen-bond acceptors (Lipinski definition) is 3.